The predicted molar refractivity (Wildman–Crippen MR) is 141 cm³/mol. The number of aromatic nitrogens is 1. The van der Waals surface area contributed by atoms with Crippen LogP contribution in [0.15, 0.2) is 66.7 Å². The number of piperazine rings is 1. The van der Waals surface area contributed by atoms with Crippen LogP contribution in [0, 0.1) is 20.8 Å². The summed E-state index contributed by atoms with van der Waals surface area (Å²) in [7, 11) is 0. The third-order valence-corrected chi connectivity index (χ3v) is 7.01. The third-order valence-electron chi connectivity index (χ3n) is 6.76. The molecule has 3 aromatic carbocycles. The lowest BCUT2D eigenvalue weighted by Crippen LogP contribution is -2.48. The maximum Gasteiger partial charge on any atom is 0.254 e. The average molecular weight is 470 g/mol. The van der Waals surface area contributed by atoms with Gasteiger partial charge in [0.05, 0.1) is 16.8 Å². The van der Waals surface area contributed by atoms with Crippen LogP contribution in [0.1, 0.15) is 27.0 Å². The zero-order valence-corrected chi connectivity index (χ0v) is 20.6. The van der Waals surface area contributed by atoms with Crippen molar-refractivity contribution in [3.05, 3.63) is 94.0 Å². The van der Waals surface area contributed by atoms with E-state index in [0.717, 1.165) is 57.1 Å². The molecule has 0 atom stereocenters. The molecule has 1 amide bonds. The fourth-order valence-corrected chi connectivity index (χ4v) is 4.68. The minimum absolute atomic E-state index is 0.0684. The SMILES string of the molecule is Cc1ccc2nc(-c3ccc(C)c(C)c3)cc(C(=O)N3CCN(c4ccc(Cl)cc4)CC3)c2c1. The van der Waals surface area contributed by atoms with E-state index in [4.69, 9.17) is 16.6 Å². The van der Waals surface area contributed by atoms with Crippen LogP contribution in [0.5, 0.6) is 0 Å². The van der Waals surface area contributed by atoms with E-state index >= 15 is 0 Å². The summed E-state index contributed by atoms with van der Waals surface area (Å²) < 4.78 is 0. The fourth-order valence-electron chi connectivity index (χ4n) is 4.56. The van der Waals surface area contributed by atoms with Gasteiger partial charge in [-0.25, -0.2) is 4.98 Å². The number of hydrogen-bond acceptors (Lipinski definition) is 3. The molecule has 0 N–H and O–H groups in total. The van der Waals surface area contributed by atoms with E-state index in [-0.39, 0.29) is 5.91 Å². The lowest BCUT2D eigenvalue weighted by Gasteiger charge is -2.36. The van der Waals surface area contributed by atoms with Crippen molar-refractivity contribution in [2.75, 3.05) is 31.1 Å². The Bertz CT molecular complexity index is 1370. The Balaban J connectivity index is 1.47. The Morgan fingerprint density at radius 2 is 1.56 bits per heavy atom. The number of fused-ring (bicyclic) bond motifs is 1. The maximum absolute atomic E-state index is 13.8. The average Bonchev–Trinajstić information content (AvgIpc) is 2.85. The molecule has 0 spiro atoms. The van der Waals surface area contributed by atoms with Gasteiger partial charge < -0.3 is 9.80 Å². The van der Waals surface area contributed by atoms with E-state index in [1.54, 1.807) is 0 Å². The highest BCUT2D eigenvalue weighted by Crippen LogP contribution is 2.28. The summed E-state index contributed by atoms with van der Waals surface area (Å²) in [6, 6.07) is 22.4. The van der Waals surface area contributed by atoms with Crippen LogP contribution in [0.4, 0.5) is 5.69 Å². The van der Waals surface area contributed by atoms with Gasteiger partial charge in [-0.3, -0.25) is 4.79 Å². The maximum atomic E-state index is 13.8. The van der Waals surface area contributed by atoms with Crippen LogP contribution in [0.25, 0.3) is 22.2 Å². The van der Waals surface area contributed by atoms with E-state index < -0.39 is 0 Å². The van der Waals surface area contributed by atoms with E-state index in [0.29, 0.717) is 13.1 Å². The summed E-state index contributed by atoms with van der Waals surface area (Å²) >= 11 is 6.04. The number of carbonyl (C=O) groups is 1. The van der Waals surface area contributed by atoms with Crippen molar-refractivity contribution < 1.29 is 4.79 Å². The second-order valence-corrected chi connectivity index (χ2v) is 9.57. The molecular weight excluding hydrogens is 442 g/mol. The molecule has 2 heterocycles. The van der Waals surface area contributed by atoms with Gasteiger partial charge in [-0.1, -0.05) is 35.4 Å². The Kier molecular flexibility index (Phi) is 6.01. The van der Waals surface area contributed by atoms with Crippen molar-refractivity contribution >= 4 is 34.1 Å². The number of nitrogens with zero attached hydrogens (tertiary/aromatic N) is 3. The number of aryl methyl sites for hydroxylation is 3. The molecule has 5 rings (SSSR count). The minimum atomic E-state index is 0.0684. The molecule has 34 heavy (non-hydrogen) atoms. The molecule has 4 nitrogen and oxygen atoms in total. The van der Waals surface area contributed by atoms with Crippen LogP contribution < -0.4 is 4.90 Å². The van der Waals surface area contributed by atoms with Crippen LogP contribution in [-0.2, 0) is 0 Å². The summed E-state index contributed by atoms with van der Waals surface area (Å²) in [5.74, 6) is 0.0684. The molecule has 0 bridgehead atoms. The summed E-state index contributed by atoms with van der Waals surface area (Å²) in [4.78, 5) is 23.0. The van der Waals surface area contributed by atoms with E-state index in [2.05, 4.69) is 56.0 Å². The van der Waals surface area contributed by atoms with Gasteiger partial charge in [-0.05, 0) is 80.4 Å². The second kappa shape index (κ2) is 9.11. The van der Waals surface area contributed by atoms with Crippen molar-refractivity contribution in [2.45, 2.75) is 20.8 Å². The molecule has 0 radical (unpaired) electrons. The van der Waals surface area contributed by atoms with Crippen molar-refractivity contribution in [1.29, 1.82) is 0 Å². The first kappa shape index (κ1) is 22.4. The Hall–Kier alpha value is -3.37. The van der Waals surface area contributed by atoms with Gasteiger partial charge in [-0.2, -0.15) is 0 Å². The standard InChI is InChI=1S/C29H28ClN3O/c1-19-4-11-27-25(16-19)26(18-28(31-27)22-6-5-20(2)21(3)17-22)29(34)33-14-12-32(13-15-33)24-9-7-23(30)8-10-24/h4-11,16-18H,12-15H2,1-3H3. The van der Waals surface area contributed by atoms with Gasteiger partial charge >= 0.3 is 0 Å². The molecule has 0 aliphatic carbocycles. The number of hydrogen-bond donors (Lipinski definition) is 0. The highest BCUT2D eigenvalue weighted by molar-refractivity contribution is 6.30. The molecular formula is C29H28ClN3O. The van der Waals surface area contributed by atoms with E-state index in [1.165, 1.54) is 11.1 Å². The molecule has 1 fully saturated rings. The zero-order chi connectivity index (χ0) is 23.8. The minimum Gasteiger partial charge on any atom is -0.368 e. The predicted octanol–water partition coefficient (Wildman–Crippen LogP) is 6.44. The van der Waals surface area contributed by atoms with Crippen molar-refractivity contribution in [1.82, 2.24) is 9.88 Å². The Morgan fingerprint density at radius 1 is 0.824 bits per heavy atom. The Labute approximate surface area is 205 Å². The fraction of sp³-hybridized carbons (Fsp3) is 0.241. The number of benzene rings is 3. The number of halogens is 1. The normalized spacial score (nSPS) is 14.0. The largest absolute Gasteiger partial charge is 0.368 e. The van der Waals surface area contributed by atoms with Crippen LogP contribution in [0.2, 0.25) is 5.02 Å². The molecule has 5 heteroatoms. The summed E-state index contributed by atoms with van der Waals surface area (Å²) in [5.41, 5.74) is 8.17. The highest BCUT2D eigenvalue weighted by atomic mass is 35.5. The van der Waals surface area contributed by atoms with Crippen LogP contribution in [0.3, 0.4) is 0 Å². The van der Waals surface area contributed by atoms with Gasteiger partial charge in [0.2, 0.25) is 0 Å². The summed E-state index contributed by atoms with van der Waals surface area (Å²) in [6.07, 6.45) is 0. The van der Waals surface area contributed by atoms with Gasteiger partial charge in [0, 0.05) is 47.8 Å². The van der Waals surface area contributed by atoms with E-state index in [1.807, 2.05) is 41.3 Å². The van der Waals surface area contributed by atoms with Crippen molar-refractivity contribution in [2.24, 2.45) is 0 Å². The van der Waals surface area contributed by atoms with Crippen LogP contribution >= 0.6 is 11.6 Å². The van der Waals surface area contributed by atoms with Gasteiger partial charge in [-0.15, -0.1) is 0 Å². The first-order valence-electron chi connectivity index (χ1n) is 11.7. The summed E-state index contributed by atoms with van der Waals surface area (Å²) in [5, 5.41) is 1.65. The number of pyridine rings is 1. The molecule has 172 valence electrons. The van der Waals surface area contributed by atoms with Gasteiger partial charge in [0.25, 0.3) is 5.91 Å². The van der Waals surface area contributed by atoms with Crippen molar-refractivity contribution in [3.8, 4) is 11.3 Å². The first-order valence-corrected chi connectivity index (χ1v) is 12.1. The lowest BCUT2D eigenvalue weighted by atomic mass is 9.99. The zero-order valence-electron chi connectivity index (χ0n) is 19.8. The molecule has 1 aromatic heterocycles. The molecule has 0 unspecified atom stereocenters. The highest BCUT2D eigenvalue weighted by Gasteiger charge is 2.24. The lowest BCUT2D eigenvalue weighted by molar-refractivity contribution is 0.0748. The van der Waals surface area contributed by atoms with Gasteiger partial charge in [0.15, 0.2) is 0 Å². The van der Waals surface area contributed by atoms with E-state index in [9.17, 15) is 4.79 Å². The quantitative estimate of drug-likeness (QED) is 0.346. The number of rotatable bonds is 3. The third kappa shape index (κ3) is 4.38. The van der Waals surface area contributed by atoms with Crippen LogP contribution in [-0.4, -0.2) is 42.0 Å². The molecule has 1 aliphatic rings. The Morgan fingerprint density at radius 3 is 2.26 bits per heavy atom. The molecule has 0 saturated carbocycles. The number of anilines is 1. The first-order chi connectivity index (χ1) is 16.4. The number of carbonyl (C=O) groups excluding carboxylic acids is 1. The monoisotopic (exact) mass is 469 g/mol. The molecule has 4 aromatic rings. The smallest absolute Gasteiger partial charge is 0.254 e. The molecule has 1 aliphatic heterocycles. The topological polar surface area (TPSA) is 36.4 Å². The van der Waals surface area contributed by atoms with Gasteiger partial charge in [0.1, 0.15) is 0 Å². The second-order valence-electron chi connectivity index (χ2n) is 9.13. The van der Waals surface area contributed by atoms with Crippen molar-refractivity contribution in [3.63, 3.8) is 0 Å². The number of amides is 1. The summed E-state index contributed by atoms with van der Waals surface area (Å²) in [6.45, 7) is 9.20. The molecule has 1 saturated heterocycles.